The van der Waals surface area contributed by atoms with E-state index >= 15 is 0 Å². The molecule has 0 aliphatic carbocycles. The number of piperidine rings is 1. The van der Waals surface area contributed by atoms with Gasteiger partial charge in [-0.15, -0.1) is 0 Å². The SMILES string of the molecule is NCCCCCCC(=O)N[C@@H](Cc1ccccc1)C(=O)N1C/C(=C\c2ccc([N+](=O)[O-])cc2)C(=O)/C(=C/c2ccc([N+](=O)[O-])cc2)C1. The van der Waals surface area contributed by atoms with Crippen LogP contribution in [0.5, 0.6) is 0 Å². The van der Waals surface area contributed by atoms with Gasteiger partial charge in [-0.1, -0.05) is 43.2 Å². The van der Waals surface area contributed by atoms with Crippen LogP contribution < -0.4 is 11.1 Å². The summed E-state index contributed by atoms with van der Waals surface area (Å²) in [6, 6.07) is 19.8. The van der Waals surface area contributed by atoms with E-state index in [-0.39, 0.29) is 66.0 Å². The number of carbonyl (C=O) groups excluding carboxylic acids is 3. The molecular weight excluding hydrogens is 602 g/mol. The number of nitro benzene ring substituents is 2. The zero-order valence-corrected chi connectivity index (χ0v) is 25.9. The van der Waals surface area contributed by atoms with Crippen LogP contribution in [-0.4, -0.2) is 58.0 Å². The van der Waals surface area contributed by atoms with Gasteiger partial charge in [0.15, 0.2) is 5.78 Å². The third-order valence-electron chi connectivity index (χ3n) is 7.78. The van der Waals surface area contributed by atoms with E-state index in [9.17, 15) is 34.6 Å². The molecular formula is C35H37N5O7. The van der Waals surface area contributed by atoms with Crippen molar-refractivity contribution in [3.63, 3.8) is 0 Å². The smallest absolute Gasteiger partial charge is 0.269 e. The van der Waals surface area contributed by atoms with Crippen LogP contribution >= 0.6 is 0 Å². The summed E-state index contributed by atoms with van der Waals surface area (Å²) in [6.45, 7) is 0.498. The molecule has 0 bridgehead atoms. The van der Waals surface area contributed by atoms with Crippen molar-refractivity contribution in [3.8, 4) is 0 Å². The number of nitrogens with zero attached hydrogens (tertiary/aromatic N) is 3. The summed E-state index contributed by atoms with van der Waals surface area (Å²) in [4.78, 5) is 63.6. The van der Waals surface area contributed by atoms with Gasteiger partial charge in [-0.2, -0.15) is 0 Å². The highest BCUT2D eigenvalue weighted by atomic mass is 16.6. The second-order valence-corrected chi connectivity index (χ2v) is 11.3. The summed E-state index contributed by atoms with van der Waals surface area (Å²) in [5.74, 6) is -0.947. The van der Waals surface area contributed by atoms with Gasteiger partial charge in [-0.25, -0.2) is 0 Å². The number of ketones is 1. The fraction of sp³-hybridized carbons (Fsp3) is 0.286. The Bertz CT molecular complexity index is 1570. The molecule has 3 N–H and O–H groups in total. The van der Waals surface area contributed by atoms with Crippen LogP contribution in [-0.2, 0) is 20.8 Å². The maximum Gasteiger partial charge on any atom is 0.269 e. The average Bonchev–Trinajstić information content (AvgIpc) is 3.06. The van der Waals surface area contributed by atoms with Gasteiger partial charge in [0.2, 0.25) is 11.8 Å². The van der Waals surface area contributed by atoms with Crippen molar-refractivity contribution < 1.29 is 24.2 Å². The van der Waals surface area contributed by atoms with Crippen molar-refractivity contribution in [2.24, 2.45) is 5.73 Å². The number of nitrogens with one attached hydrogen (secondary N) is 1. The van der Waals surface area contributed by atoms with E-state index in [1.807, 2.05) is 30.3 Å². The Morgan fingerprint density at radius 3 is 1.79 bits per heavy atom. The number of Topliss-reactive ketones (excluding diaryl/α,β-unsaturated/α-hetero) is 1. The van der Waals surface area contributed by atoms with Crippen LogP contribution in [0.4, 0.5) is 11.4 Å². The van der Waals surface area contributed by atoms with Crippen LogP contribution in [0.2, 0.25) is 0 Å². The minimum atomic E-state index is -0.900. The fourth-order valence-corrected chi connectivity index (χ4v) is 5.30. The number of nitrogens with two attached hydrogens (primary N) is 1. The summed E-state index contributed by atoms with van der Waals surface area (Å²) < 4.78 is 0. The Hall–Kier alpha value is -5.49. The highest BCUT2D eigenvalue weighted by Crippen LogP contribution is 2.25. The van der Waals surface area contributed by atoms with Crippen LogP contribution in [0.1, 0.15) is 48.8 Å². The molecule has 4 rings (SSSR count). The Balaban J connectivity index is 1.65. The van der Waals surface area contributed by atoms with Crippen molar-refractivity contribution in [3.05, 3.63) is 127 Å². The number of likely N-dealkylation sites (tertiary alicyclic amines) is 1. The van der Waals surface area contributed by atoms with E-state index in [1.165, 1.54) is 53.4 Å². The number of carbonyl (C=O) groups is 3. The molecule has 1 heterocycles. The summed E-state index contributed by atoms with van der Waals surface area (Å²) in [5.41, 5.74) is 7.83. The van der Waals surface area contributed by atoms with Gasteiger partial charge in [0, 0.05) is 61.3 Å². The lowest BCUT2D eigenvalue weighted by Crippen LogP contribution is -2.52. The number of benzene rings is 3. The topological polar surface area (TPSA) is 179 Å². The van der Waals surface area contributed by atoms with Gasteiger partial charge in [0.25, 0.3) is 11.4 Å². The van der Waals surface area contributed by atoms with Gasteiger partial charge < -0.3 is 16.0 Å². The standard InChI is InChI=1S/C35H37N5O7/c36-19-7-2-1-6-10-33(41)37-32(22-25-8-4-3-5-9-25)35(43)38-23-28(20-26-11-15-30(16-12-26)39(44)45)34(42)29(24-38)21-27-13-17-31(18-14-27)40(46)47/h3-5,8-9,11-18,20-21,32H,1-2,6-7,10,19,22-24,36H2,(H,37,41)/b28-20+,29-21+/t32-/m0/s1. The predicted octanol–water partition coefficient (Wildman–Crippen LogP) is 5.02. The Labute approximate surface area is 272 Å². The van der Waals surface area contributed by atoms with E-state index in [2.05, 4.69) is 5.32 Å². The lowest BCUT2D eigenvalue weighted by molar-refractivity contribution is -0.385. The summed E-state index contributed by atoms with van der Waals surface area (Å²) in [7, 11) is 0. The largest absolute Gasteiger partial charge is 0.344 e. The van der Waals surface area contributed by atoms with Crippen LogP contribution in [0.15, 0.2) is 90.0 Å². The molecule has 2 amide bonds. The van der Waals surface area contributed by atoms with E-state index in [4.69, 9.17) is 5.73 Å². The molecule has 0 unspecified atom stereocenters. The van der Waals surface area contributed by atoms with Crippen molar-refractivity contribution in [2.45, 2.75) is 44.6 Å². The van der Waals surface area contributed by atoms with Crippen molar-refractivity contribution in [1.82, 2.24) is 10.2 Å². The molecule has 3 aromatic rings. The van der Waals surface area contributed by atoms with Crippen LogP contribution in [0, 0.1) is 20.2 Å². The normalized spacial score (nSPS) is 15.4. The maximum absolute atomic E-state index is 14.2. The van der Waals surface area contributed by atoms with E-state index in [1.54, 1.807) is 12.2 Å². The number of non-ortho nitro benzene ring substituents is 2. The van der Waals surface area contributed by atoms with Gasteiger partial charge in [-0.05, 0) is 72.5 Å². The molecule has 1 saturated heterocycles. The molecule has 244 valence electrons. The first kappa shape index (κ1) is 34.4. The number of amides is 2. The molecule has 3 aromatic carbocycles. The number of nitro groups is 2. The van der Waals surface area contributed by atoms with Gasteiger partial charge in [0.05, 0.1) is 9.85 Å². The van der Waals surface area contributed by atoms with Crippen molar-refractivity contribution in [2.75, 3.05) is 19.6 Å². The Kier molecular flexibility index (Phi) is 12.2. The minimum Gasteiger partial charge on any atom is -0.344 e. The second-order valence-electron chi connectivity index (χ2n) is 11.3. The number of hydrogen-bond acceptors (Lipinski definition) is 8. The summed E-state index contributed by atoms with van der Waals surface area (Å²) in [6.07, 6.45) is 7.00. The molecule has 12 nitrogen and oxygen atoms in total. The number of hydrogen-bond donors (Lipinski definition) is 2. The zero-order valence-electron chi connectivity index (χ0n) is 25.9. The number of unbranched alkanes of at least 4 members (excludes halogenated alkanes) is 3. The molecule has 1 aliphatic rings. The number of rotatable bonds is 14. The fourth-order valence-electron chi connectivity index (χ4n) is 5.30. The summed E-state index contributed by atoms with van der Waals surface area (Å²) >= 11 is 0. The highest BCUT2D eigenvalue weighted by molar-refractivity contribution is 6.15. The minimum absolute atomic E-state index is 0.0491. The van der Waals surface area contributed by atoms with E-state index < -0.39 is 15.9 Å². The molecule has 0 aromatic heterocycles. The molecule has 12 heteroatoms. The predicted molar refractivity (Wildman–Crippen MR) is 178 cm³/mol. The van der Waals surface area contributed by atoms with E-state index in [0.29, 0.717) is 24.1 Å². The van der Waals surface area contributed by atoms with Gasteiger partial charge in [-0.3, -0.25) is 34.6 Å². The quantitative estimate of drug-likeness (QED) is 0.107. The molecule has 47 heavy (non-hydrogen) atoms. The molecule has 1 aliphatic heterocycles. The summed E-state index contributed by atoms with van der Waals surface area (Å²) in [5, 5.41) is 25.2. The molecule has 1 fully saturated rings. The third-order valence-corrected chi connectivity index (χ3v) is 7.78. The lowest BCUT2D eigenvalue weighted by Gasteiger charge is -2.33. The van der Waals surface area contributed by atoms with Crippen LogP contribution in [0.3, 0.4) is 0 Å². The van der Waals surface area contributed by atoms with Crippen molar-refractivity contribution in [1.29, 1.82) is 0 Å². The average molecular weight is 640 g/mol. The Morgan fingerprint density at radius 1 is 0.787 bits per heavy atom. The zero-order chi connectivity index (χ0) is 33.8. The first-order valence-corrected chi connectivity index (χ1v) is 15.4. The van der Waals surface area contributed by atoms with Gasteiger partial charge >= 0.3 is 0 Å². The molecule has 0 saturated carbocycles. The van der Waals surface area contributed by atoms with E-state index in [0.717, 1.165) is 24.8 Å². The van der Waals surface area contributed by atoms with Crippen LogP contribution in [0.25, 0.3) is 12.2 Å². The second kappa shape index (κ2) is 16.7. The molecule has 0 spiro atoms. The monoisotopic (exact) mass is 639 g/mol. The lowest BCUT2D eigenvalue weighted by atomic mass is 9.93. The maximum atomic E-state index is 14.2. The molecule has 1 atom stereocenters. The first-order chi connectivity index (χ1) is 22.6. The third kappa shape index (κ3) is 10.00. The Morgan fingerprint density at radius 2 is 1.30 bits per heavy atom. The molecule has 0 radical (unpaired) electrons. The van der Waals surface area contributed by atoms with Crippen molar-refractivity contribution >= 4 is 41.1 Å². The first-order valence-electron chi connectivity index (χ1n) is 15.4. The highest BCUT2D eigenvalue weighted by Gasteiger charge is 2.33. The van der Waals surface area contributed by atoms with Gasteiger partial charge in [0.1, 0.15) is 6.04 Å².